The molecule has 2 atom stereocenters. The summed E-state index contributed by atoms with van der Waals surface area (Å²) in [6, 6.07) is 3.73. The van der Waals surface area contributed by atoms with Crippen LogP contribution in [0.3, 0.4) is 0 Å². The molecule has 2 aromatic heterocycles. The van der Waals surface area contributed by atoms with Crippen LogP contribution in [0.4, 0.5) is 0 Å². The van der Waals surface area contributed by atoms with Gasteiger partial charge >= 0.3 is 0 Å². The maximum absolute atomic E-state index is 5.99. The van der Waals surface area contributed by atoms with Gasteiger partial charge in [0, 0.05) is 11.3 Å². The first-order valence-corrected chi connectivity index (χ1v) is 4.81. The summed E-state index contributed by atoms with van der Waals surface area (Å²) in [7, 11) is 0. The molecule has 0 amide bonds. The third kappa shape index (κ3) is 1.55. The summed E-state index contributed by atoms with van der Waals surface area (Å²) in [6.45, 7) is 3.97. The van der Waals surface area contributed by atoms with Crippen LogP contribution in [-0.2, 0) is 0 Å². The second-order valence-corrected chi connectivity index (χ2v) is 3.94. The zero-order valence-electron chi connectivity index (χ0n) is 7.92. The molecule has 2 heterocycles. The fourth-order valence-electron chi connectivity index (χ4n) is 1.14. The van der Waals surface area contributed by atoms with Crippen molar-refractivity contribution in [3.8, 4) is 0 Å². The lowest BCUT2D eigenvalue weighted by molar-refractivity contribution is 0.650. The van der Waals surface area contributed by atoms with Gasteiger partial charge in [-0.1, -0.05) is 6.92 Å². The molecule has 0 aliphatic heterocycles. The second-order valence-electron chi connectivity index (χ2n) is 3.25. The summed E-state index contributed by atoms with van der Waals surface area (Å²) in [5.74, 6) is 0.185. The fourth-order valence-corrected chi connectivity index (χ4v) is 1.27. The first kappa shape index (κ1) is 9.33. The number of halogens is 1. The van der Waals surface area contributed by atoms with Crippen molar-refractivity contribution in [1.29, 1.82) is 0 Å². The van der Waals surface area contributed by atoms with E-state index in [9.17, 15) is 0 Å². The Morgan fingerprint density at radius 3 is 2.86 bits per heavy atom. The van der Waals surface area contributed by atoms with Crippen molar-refractivity contribution in [2.24, 2.45) is 0 Å². The molecule has 0 aliphatic rings. The Bertz CT molecular complexity index is 438. The van der Waals surface area contributed by atoms with Crippen LogP contribution < -0.4 is 0 Å². The average molecular weight is 212 g/mol. The van der Waals surface area contributed by atoms with Gasteiger partial charge in [0.1, 0.15) is 0 Å². The Balaban J connectivity index is 2.43. The lowest BCUT2D eigenvalue weighted by Gasteiger charge is -2.11. The Kier molecular flexibility index (Phi) is 2.33. The predicted octanol–water partition coefficient (Wildman–Crippen LogP) is 1.25. The Hall–Kier alpha value is -1.23. The highest BCUT2D eigenvalue weighted by Crippen LogP contribution is 2.20. The smallest absolute Gasteiger partial charge is 0.152 e. The first-order chi connectivity index (χ1) is 6.68. The zero-order valence-corrected chi connectivity index (χ0v) is 8.68. The van der Waals surface area contributed by atoms with E-state index < -0.39 is 0 Å². The van der Waals surface area contributed by atoms with Gasteiger partial charge in [-0.15, -0.1) is 21.3 Å². The molecule has 0 bridgehead atoms. The summed E-state index contributed by atoms with van der Waals surface area (Å²) < 4.78 is 1.41. The number of hydrogen-bond acceptors (Lipinski definition) is 4. The zero-order chi connectivity index (χ0) is 10.1. The minimum atomic E-state index is 0.0384. The van der Waals surface area contributed by atoms with Gasteiger partial charge in [0.2, 0.25) is 0 Å². The normalized spacial score (nSPS) is 15.6. The molecule has 6 heteroatoms. The minimum Gasteiger partial charge on any atom is -0.152 e. The van der Waals surface area contributed by atoms with E-state index in [4.69, 9.17) is 11.6 Å². The van der Waals surface area contributed by atoms with Crippen LogP contribution in [0.2, 0.25) is 0 Å². The quantitative estimate of drug-likeness (QED) is 0.702. The maximum Gasteiger partial charge on any atom is 0.199 e. The van der Waals surface area contributed by atoms with Crippen LogP contribution in [0.25, 0.3) is 5.65 Å². The summed E-state index contributed by atoms with van der Waals surface area (Å²) in [5, 5.41) is 15.3. The van der Waals surface area contributed by atoms with Crippen molar-refractivity contribution in [2.75, 3.05) is 0 Å². The maximum atomic E-state index is 5.99. The monoisotopic (exact) mass is 211 g/mol. The molecule has 2 aromatic rings. The lowest BCUT2D eigenvalue weighted by Crippen LogP contribution is -2.09. The molecule has 14 heavy (non-hydrogen) atoms. The van der Waals surface area contributed by atoms with Crippen molar-refractivity contribution < 1.29 is 0 Å². The summed E-state index contributed by atoms with van der Waals surface area (Å²) in [5.41, 5.74) is 1.54. The number of fused-ring (bicyclic) bond motifs is 1. The molecule has 0 aliphatic carbocycles. The van der Waals surface area contributed by atoms with Gasteiger partial charge in [-0.25, -0.2) is 0 Å². The van der Waals surface area contributed by atoms with Crippen LogP contribution in [-0.4, -0.2) is 30.6 Å². The molecule has 0 saturated heterocycles. The van der Waals surface area contributed by atoms with E-state index in [0.717, 1.165) is 5.69 Å². The summed E-state index contributed by atoms with van der Waals surface area (Å²) in [6.07, 6.45) is 0. The van der Waals surface area contributed by atoms with Crippen LogP contribution in [0, 0.1) is 0 Å². The highest BCUT2D eigenvalue weighted by atomic mass is 35.5. The largest absolute Gasteiger partial charge is 0.199 e. The first-order valence-electron chi connectivity index (χ1n) is 4.38. The van der Waals surface area contributed by atoms with Gasteiger partial charge in [0.15, 0.2) is 5.65 Å². The number of alkyl halides is 1. The van der Waals surface area contributed by atoms with Crippen LogP contribution in [0.5, 0.6) is 0 Å². The van der Waals surface area contributed by atoms with E-state index in [2.05, 4.69) is 20.6 Å². The van der Waals surface area contributed by atoms with Crippen molar-refractivity contribution in [3.63, 3.8) is 0 Å². The molecule has 0 spiro atoms. The van der Waals surface area contributed by atoms with Crippen molar-refractivity contribution >= 4 is 17.2 Å². The van der Waals surface area contributed by atoms with Crippen LogP contribution in [0.15, 0.2) is 12.1 Å². The van der Waals surface area contributed by atoms with E-state index in [1.165, 1.54) is 4.63 Å². The number of nitrogens with zero attached hydrogens (tertiary/aromatic N) is 5. The topological polar surface area (TPSA) is 56.0 Å². The molecular formula is C8H10ClN5. The molecule has 74 valence electrons. The second kappa shape index (κ2) is 3.49. The van der Waals surface area contributed by atoms with Gasteiger partial charge in [0.05, 0.1) is 5.69 Å². The van der Waals surface area contributed by atoms with Gasteiger partial charge in [-0.2, -0.15) is 5.10 Å². The highest BCUT2D eigenvalue weighted by molar-refractivity contribution is 6.20. The Labute approximate surface area is 86.1 Å². The summed E-state index contributed by atoms with van der Waals surface area (Å²) >= 11 is 5.99. The molecule has 5 nitrogen and oxygen atoms in total. The van der Waals surface area contributed by atoms with Gasteiger partial charge < -0.3 is 0 Å². The average Bonchev–Trinajstić information content (AvgIpc) is 2.62. The fraction of sp³-hybridized carbons (Fsp3) is 0.500. The van der Waals surface area contributed by atoms with Crippen molar-refractivity contribution in [3.05, 3.63) is 17.8 Å². The Morgan fingerprint density at radius 2 is 2.14 bits per heavy atom. The number of hydrogen-bond donors (Lipinski definition) is 0. The number of rotatable bonds is 2. The molecule has 0 radical (unpaired) electrons. The standard InChI is InChI=1S/C8H10ClN5/c1-5(6(2)9)7-3-4-8-10-12-13-14(8)11-7/h3-6H,1-2H3. The van der Waals surface area contributed by atoms with Crippen LogP contribution >= 0.6 is 11.6 Å². The third-order valence-electron chi connectivity index (χ3n) is 2.25. The molecular weight excluding hydrogens is 202 g/mol. The van der Waals surface area contributed by atoms with Crippen LogP contribution in [0.1, 0.15) is 25.5 Å². The number of aromatic nitrogens is 5. The molecule has 0 N–H and O–H groups in total. The molecule has 0 fully saturated rings. The number of tetrazole rings is 1. The van der Waals surface area contributed by atoms with Gasteiger partial charge in [0.25, 0.3) is 0 Å². The molecule has 2 rings (SSSR count). The van der Waals surface area contributed by atoms with E-state index in [0.29, 0.717) is 5.65 Å². The van der Waals surface area contributed by atoms with Gasteiger partial charge in [-0.05, 0) is 29.5 Å². The predicted molar refractivity (Wildman–Crippen MR) is 52.3 cm³/mol. The SMILES string of the molecule is CC(Cl)C(C)c1ccc2nnnn2n1. The molecule has 2 unspecified atom stereocenters. The lowest BCUT2D eigenvalue weighted by atomic mass is 10.0. The Morgan fingerprint density at radius 1 is 1.36 bits per heavy atom. The minimum absolute atomic E-state index is 0.0384. The highest BCUT2D eigenvalue weighted by Gasteiger charge is 2.14. The van der Waals surface area contributed by atoms with E-state index >= 15 is 0 Å². The third-order valence-corrected chi connectivity index (χ3v) is 2.62. The van der Waals surface area contributed by atoms with E-state index in [-0.39, 0.29) is 11.3 Å². The molecule has 0 aromatic carbocycles. The van der Waals surface area contributed by atoms with Crippen molar-refractivity contribution in [1.82, 2.24) is 25.3 Å². The summed E-state index contributed by atoms with van der Waals surface area (Å²) in [4.78, 5) is 0. The van der Waals surface area contributed by atoms with E-state index in [1.807, 2.05) is 26.0 Å². The van der Waals surface area contributed by atoms with E-state index in [1.54, 1.807) is 0 Å². The molecule has 0 saturated carbocycles. The van der Waals surface area contributed by atoms with Gasteiger partial charge in [-0.3, -0.25) is 0 Å². The van der Waals surface area contributed by atoms with Crippen molar-refractivity contribution in [2.45, 2.75) is 25.1 Å².